The molecule has 0 bridgehead atoms. The van der Waals surface area contributed by atoms with Crippen molar-refractivity contribution in [2.24, 2.45) is 0 Å². The molecule has 1 aliphatic heterocycles. The number of carbonyl (C=O) groups is 2. The highest BCUT2D eigenvalue weighted by Gasteiger charge is 2.32. The Morgan fingerprint density at radius 3 is 3.05 bits per heavy atom. The molecule has 2 heterocycles. The number of ether oxygens (including phenoxy) is 1. The Kier molecular flexibility index (Phi) is 5.45. The van der Waals surface area contributed by atoms with Crippen LogP contribution < -0.4 is 0 Å². The first-order valence-electron chi connectivity index (χ1n) is 6.31. The average Bonchev–Trinajstić information content (AvgIpc) is 2.90. The maximum absolute atomic E-state index is 12.6. The van der Waals surface area contributed by atoms with Crippen LogP contribution in [0.15, 0.2) is 11.4 Å². The molecule has 5 nitrogen and oxygen atoms in total. The summed E-state index contributed by atoms with van der Waals surface area (Å²) in [6.07, 6.45) is 0.985. The molecule has 0 radical (unpaired) electrons. The summed E-state index contributed by atoms with van der Waals surface area (Å²) >= 11 is 3.25. The number of nitrogens with zero attached hydrogens (tertiary/aromatic N) is 1. The van der Waals surface area contributed by atoms with E-state index in [1.54, 1.807) is 23.1 Å². The number of aryl methyl sites for hydroxylation is 1. The van der Waals surface area contributed by atoms with Crippen molar-refractivity contribution in [2.75, 3.05) is 32.6 Å². The van der Waals surface area contributed by atoms with Gasteiger partial charge in [-0.25, -0.2) is 0 Å². The van der Waals surface area contributed by atoms with E-state index in [9.17, 15) is 9.59 Å². The lowest BCUT2D eigenvalue weighted by molar-refractivity contribution is -0.144. The van der Waals surface area contributed by atoms with E-state index in [1.807, 2.05) is 11.4 Å². The van der Waals surface area contributed by atoms with Crippen LogP contribution in [-0.2, 0) is 20.7 Å². The number of methoxy groups -OCH3 is 1. The van der Waals surface area contributed by atoms with Crippen LogP contribution in [-0.4, -0.2) is 54.4 Å². The molecule has 0 fully saturated rings. The summed E-state index contributed by atoms with van der Waals surface area (Å²) in [4.78, 5) is 26.1. The highest BCUT2D eigenvalue weighted by Crippen LogP contribution is 2.40. The van der Waals surface area contributed by atoms with E-state index in [0.717, 1.165) is 17.7 Å². The Morgan fingerprint density at radius 1 is 1.55 bits per heavy atom. The lowest BCUT2D eigenvalue weighted by Crippen LogP contribution is -2.40. The van der Waals surface area contributed by atoms with Crippen molar-refractivity contribution in [3.05, 3.63) is 21.9 Å². The first kappa shape index (κ1) is 15.3. The smallest absolute Gasteiger partial charge is 0.323 e. The number of carboxylic acid groups (broad SMARTS) is 1. The number of thioether (sulfide) groups is 1. The number of fused-ring (bicyclic) bond motifs is 1. The maximum atomic E-state index is 12.6. The van der Waals surface area contributed by atoms with Gasteiger partial charge in [0.25, 0.3) is 0 Å². The van der Waals surface area contributed by atoms with Crippen LogP contribution in [0.2, 0.25) is 0 Å². The van der Waals surface area contributed by atoms with E-state index in [4.69, 9.17) is 9.84 Å². The molecule has 0 unspecified atom stereocenters. The van der Waals surface area contributed by atoms with Gasteiger partial charge in [-0.05, 0) is 29.2 Å². The average molecular weight is 315 g/mol. The van der Waals surface area contributed by atoms with Gasteiger partial charge in [-0.15, -0.1) is 23.1 Å². The molecule has 1 atom stereocenters. The Bertz CT molecular complexity index is 488. The number of amides is 1. The third kappa shape index (κ3) is 3.53. The van der Waals surface area contributed by atoms with Gasteiger partial charge >= 0.3 is 5.97 Å². The molecule has 0 aliphatic carbocycles. The molecule has 1 amide bonds. The van der Waals surface area contributed by atoms with Crippen molar-refractivity contribution < 1.29 is 19.4 Å². The SMILES string of the molecule is COCCN(CC(=O)O)C(=O)[C@@H]1SCCc2sccc21. The lowest BCUT2D eigenvalue weighted by Gasteiger charge is -2.28. The molecule has 0 spiro atoms. The van der Waals surface area contributed by atoms with Crippen molar-refractivity contribution in [3.63, 3.8) is 0 Å². The zero-order valence-electron chi connectivity index (χ0n) is 11.2. The molecule has 1 aliphatic rings. The number of hydrogen-bond acceptors (Lipinski definition) is 5. The van der Waals surface area contributed by atoms with E-state index in [0.29, 0.717) is 13.2 Å². The van der Waals surface area contributed by atoms with E-state index in [2.05, 4.69) is 0 Å². The molecule has 20 heavy (non-hydrogen) atoms. The molecule has 1 aromatic heterocycles. The fourth-order valence-electron chi connectivity index (χ4n) is 2.15. The first-order chi connectivity index (χ1) is 9.63. The number of aliphatic carboxylic acids is 1. The van der Waals surface area contributed by atoms with Crippen molar-refractivity contribution in [1.82, 2.24) is 4.90 Å². The second kappa shape index (κ2) is 7.10. The predicted molar refractivity (Wildman–Crippen MR) is 79.3 cm³/mol. The summed E-state index contributed by atoms with van der Waals surface area (Å²) < 4.78 is 4.95. The summed E-state index contributed by atoms with van der Waals surface area (Å²) in [5, 5.41) is 10.7. The van der Waals surface area contributed by atoms with Crippen LogP contribution in [0.5, 0.6) is 0 Å². The number of hydrogen-bond donors (Lipinski definition) is 1. The molecule has 2 rings (SSSR count). The Hall–Kier alpha value is -1.05. The minimum absolute atomic E-state index is 0.131. The number of carboxylic acids is 1. The van der Waals surface area contributed by atoms with Crippen LogP contribution in [0.1, 0.15) is 15.7 Å². The highest BCUT2D eigenvalue weighted by molar-refractivity contribution is 8.00. The lowest BCUT2D eigenvalue weighted by atomic mass is 10.1. The van der Waals surface area contributed by atoms with Crippen LogP contribution in [0.4, 0.5) is 0 Å². The topological polar surface area (TPSA) is 66.8 Å². The van der Waals surface area contributed by atoms with Gasteiger partial charge in [0.05, 0.1) is 6.61 Å². The van der Waals surface area contributed by atoms with Crippen molar-refractivity contribution in [1.29, 1.82) is 0 Å². The summed E-state index contributed by atoms with van der Waals surface area (Å²) in [7, 11) is 1.54. The maximum Gasteiger partial charge on any atom is 0.323 e. The summed E-state index contributed by atoms with van der Waals surface area (Å²) in [5.74, 6) is -0.232. The molecule has 0 saturated heterocycles. The van der Waals surface area contributed by atoms with E-state index >= 15 is 0 Å². The van der Waals surface area contributed by atoms with Crippen LogP contribution in [0.3, 0.4) is 0 Å². The minimum atomic E-state index is -0.999. The van der Waals surface area contributed by atoms with Gasteiger partial charge in [-0.1, -0.05) is 0 Å². The van der Waals surface area contributed by atoms with Gasteiger partial charge in [0.15, 0.2) is 0 Å². The fourth-order valence-corrected chi connectivity index (χ4v) is 4.52. The van der Waals surface area contributed by atoms with Crippen molar-refractivity contribution in [3.8, 4) is 0 Å². The molecule has 0 saturated carbocycles. The van der Waals surface area contributed by atoms with Gasteiger partial charge in [-0.3, -0.25) is 9.59 Å². The minimum Gasteiger partial charge on any atom is -0.480 e. The number of rotatable bonds is 6. The molecule has 7 heteroatoms. The molecular formula is C13H17NO4S2. The van der Waals surface area contributed by atoms with Gasteiger partial charge in [0.1, 0.15) is 11.8 Å². The quantitative estimate of drug-likeness (QED) is 0.864. The zero-order chi connectivity index (χ0) is 14.5. The third-order valence-electron chi connectivity index (χ3n) is 3.10. The predicted octanol–water partition coefficient (Wildman–Crippen LogP) is 1.64. The summed E-state index contributed by atoms with van der Waals surface area (Å²) in [5.41, 5.74) is 1.05. The Balaban J connectivity index is 2.13. The fraction of sp³-hybridized carbons (Fsp3) is 0.538. The highest BCUT2D eigenvalue weighted by atomic mass is 32.2. The normalized spacial score (nSPS) is 17.6. The number of thiophene rings is 1. The zero-order valence-corrected chi connectivity index (χ0v) is 12.8. The van der Waals surface area contributed by atoms with Crippen molar-refractivity contribution >= 4 is 35.0 Å². The first-order valence-corrected chi connectivity index (χ1v) is 8.23. The van der Waals surface area contributed by atoms with Crippen LogP contribution >= 0.6 is 23.1 Å². The summed E-state index contributed by atoms with van der Waals surface area (Å²) in [6.45, 7) is 0.365. The van der Waals surface area contributed by atoms with Gasteiger partial charge in [-0.2, -0.15) is 0 Å². The molecule has 110 valence electrons. The van der Waals surface area contributed by atoms with Gasteiger partial charge < -0.3 is 14.7 Å². The number of carbonyl (C=O) groups excluding carboxylic acids is 1. The second-order valence-electron chi connectivity index (χ2n) is 4.45. The molecule has 1 N–H and O–H groups in total. The van der Waals surface area contributed by atoms with E-state index < -0.39 is 5.97 Å². The van der Waals surface area contributed by atoms with Crippen LogP contribution in [0, 0.1) is 0 Å². The second-order valence-corrected chi connectivity index (χ2v) is 6.66. The Morgan fingerprint density at radius 2 is 2.35 bits per heavy atom. The summed E-state index contributed by atoms with van der Waals surface area (Å²) in [6, 6.07) is 1.98. The molecule has 1 aromatic rings. The standard InChI is InChI=1S/C13H17NO4S2/c1-18-5-4-14(8-11(15)16)13(17)12-9-2-6-19-10(9)3-7-20-12/h2,6,12H,3-5,7-8H2,1H3,(H,15,16)/t12-/m1/s1. The largest absolute Gasteiger partial charge is 0.480 e. The van der Waals surface area contributed by atoms with Crippen molar-refractivity contribution in [2.45, 2.75) is 11.7 Å². The van der Waals surface area contributed by atoms with Gasteiger partial charge in [0, 0.05) is 18.5 Å². The Labute approximate surface area is 125 Å². The monoisotopic (exact) mass is 315 g/mol. The van der Waals surface area contributed by atoms with E-state index in [-0.39, 0.29) is 17.7 Å². The van der Waals surface area contributed by atoms with Gasteiger partial charge in [0.2, 0.25) is 5.91 Å². The van der Waals surface area contributed by atoms with Crippen LogP contribution in [0.25, 0.3) is 0 Å². The van der Waals surface area contributed by atoms with E-state index in [1.165, 1.54) is 16.9 Å². The molecule has 0 aromatic carbocycles. The molecular weight excluding hydrogens is 298 g/mol. The third-order valence-corrected chi connectivity index (χ3v) is 5.33.